The van der Waals surface area contributed by atoms with Gasteiger partial charge in [0.1, 0.15) is 24.1 Å². The van der Waals surface area contributed by atoms with Crippen molar-refractivity contribution in [3.05, 3.63) is 172 Å². The van der Waals surface area contributed by atoms with E-state index in [9.17, 15) is 5.11 Å². The molecule has 7 heteroatoms. The predicted molar refractivity (Wildman–Crippen MR) is 189 cm³/mol. The lowest BCUT2D eigenvalue weighted by Crippen LogP contribution is -2.63. The zero-order valence-electron chi connectivity index (χ0n) is 27.5. The van der Waals surface area contributed by atoms with Crippen LogP contribution in [0.2, 0.25) is 5.02 Å². The van der Waals surface area contributed by atoms with Crippen LogP contribution < -0.4 is 4.74 Å². The average molecular weight is 677 g/mol. The highest BCUT2D eigenvalue weighted by Gasteiger charge is 2.67. The summed E-state index contributed by atoms with van der Waals surface area (Å²) in [6.45, 7) is 3.26. The SMILES string of the molecule is C[C@H]1[C@H](OCc2ccccc2)[C@@H](OCc2ccccc2)[C@@]2(c3ccc(Cl)c(Cc4ccc(OCc5ccccc5)cc4)c3)OC[C@]1(CO)O2. The minimum atomic E-state index is -1.33. The van der Waals surface area contributed by atoms with E-state index in [1.807, 2.05) is 128 Å². The Morgan fingerprint density at radius 3 is 1.92 bits per heavy atom. The van der Waals surface area contributed by atoms with Crippen molar-refractivity contribution in [1.29, 1.82) is 0 Å². The number of aliphatic hydroxyl groups is 1. The molecular weight excluding hydrogens is 636 g/mol. The standard InChI is InChI=1S/C42H41ClO6/c1-30-39(46-26-33-13-7-3-8-14-33)40(47-27-34-15-9-4-10-16-34)42(48-29-41(30,28-44)49-42)36-19-22-38(43)35(24-36)23-31-17-20-37(21-18-31)45-25-32-11-5-2-6-12-32/h2-22,24,30,39-40,44H,23,25-29H2,1H3/t30-,39-,40+,41-,42-/m0/s1. The van der Waals surface area contributed by atoms with Crippen molar-refractivity contribution in [3.63, 3.8) is 0 Å². The van der Waals surface area contributed by atoms with Crippen molar-refractivity contribution in [2.75, 3.05) is 13.2 Å². The number of benzene rings is 5. The average Bonchev–Trinajstić information content (AvgIpc) is 3.53. The second kappa shape index (κ2) is 14.9. The lowest BCUT2D eigenvalue weighted by atomic mass is 9.78. The molecule has 0 aliphatic carbocycles. The Morgan fingerprint density at radius 1 is 0.714 bits per heavy atom. The smallest absolute Gasteiger partial charge is 0.225 e. The van der Waals surface area contributed by atoms with Gasteiger partial charge < -0.3 is 28.8 Å². The molecule has 2 bridgehead atoms. The molecule has 49 heavy (non-hydrogen) atoms. The third kappa shape index (κ3) is 7.17. The van der Waals surface area contributed by atoms with E-state index in [4.69, 9.17) is 35.3 Å². The molecule has 0 unspecified atom stereocenters. The Hall–Kier alpha value is -4.01. The summed E-state index contributed by atoms with van der Waals surface area (Å²) in [6, 6.07) is 44.2. The molecular formula is C42H41ClO6. The van der Waals surface area contributed by atoms with Crippen LogP contribution in [0.1, 0.15) is 40.3 Å². The zero-order chi connectivity index (χ0) is 33.7. The molecule has 5 aromatic rings. The van der Waals surface area contributed by atoms with Crippen LogP contribution in [0.25, 0.3) is 0 Å². The summed E-state index contributed by atoms with van der Waals surface area (Å²) in [6.07, 6.45) is -0.509. The number of halogens is 1. The van der Waals surface area contributed by atoms with Crippen molar-refractivity contribution in [2.24, 2.45) is 5.92 Å². The fourth-order valence-electron chi connectivity index (χ4n) is 6.82. The molecule has 0 saturated carbocycles. The molecule has 0 aromatic heterocycles. The number of aliphatic hydroxyl groups excluding tert-OH is 1. The van der Waals surface area contributed by atoms with Gasteiger partial charge in [0.2, 0.25) is 5.79 Å². The summed E-state index contributed by atoms with van der Waals surface area (Å²) in [5, 5.41) is 11.4. The highest BCUT2D eigenvalue weighted by atomic mass is 35.5. The van der Waals surface area contributed by atoms with Crippen LogP contribution in [0, 0.1) is 5.92 Å². The van der Waals surface area contributed by atoms with Gasteiger partial charge >= 0.3 is 0 Å². The van der Waals surface area contributed by atoms with E-state index < -0.39 is 23.6 Å². The van der Waals surface area contributed by atoms with E-state index in [1.165, 1.54) is 0 Å². The van der Waals surface area contributed by atoms with Gasteiger partial charge in [-0.25, -0.2) is 0 Å². The van der Waals surface area contributed by atoms with Crippen molar-refractivity contribution in [1.82, 2.24) is 0 Å². The minimum absolute atomic E-state index is 0.198. The van der Waals surface area contributed by atoms with E-state index in [2.05, 4.69) is 12.1 Å². The summed E-state index contributed by atoms with van der Waals surface area (Å²) in [5.74, 6) is -0.762. The van der Waals surface area contributed by atoms with E-state index in [0.717, 1.165) is 39.1 Å². The monoisotopic (exact) mass is 676 g/mol. The molecule has 2 aliphatic heterocycles. The van der Waals surface area contributed by atoms with Crippen LogP contribution in [0.3, 0.4) is 0 Å². The maximum atomic E-state index is 10.8. The predicted octanol–water partition coefficient (Wildman–Crippen LogP) is 8.26. The number of ether oxygens (including phenoxy) is 5. The molecule has 2 aliphatic rings. The van der Waals surface area contributed by atoms with Gasteiger partial charge in [0, 0.05) is 16.5 Å². The first-order valence-corrected chi connectivity index (χ1v) is 17.2. The molecule has 5 aromatic carbocycles. The van der Waals surface area contributed by atoms with Gasteiger partial charge in [-0.05, 0) is 58.5 Å². The first kappa shape index (κ1) is 33.5. The van der Waals surface area contributed by atoms with Gasteiger partial charge in [-0.15, -0.1) is 0 Å². The van der Waals surface area contributed by atoms with Crippen LogP contribution in [-0.4, -0.2) is 36.1 Å². The van der Waals surface area contributed by atoms with Crippen molar-refractivity contribution < 1.29 is 28.8 Å². The Morgan fingerprint density at radius 2 is 1.31 bits per heavy atom. The Balaban J connectivity index is 1.18. The third-order valence-electron chi connectivity index (χ3n) is 9.72. The highest BCUT2D eigenvalue weighted by Crippen LogP contribution is 2.54. The molecule has 1 N–H and O–H groups in total. The molecule has 0 amide bonds. The first-order valence-electron chi connectivity index (χ1n) is 16.8. The molecule has 5 atom stereocenters. The summed E-state index contributed by atoms with van der Waals surface area (Å²) < 4.78 is 33.0. The summed E-state index contributed by atoms with van der Waals surface area (Å²) in [5.41, 5.74) is 4.99. The number of hydrogen-bond donors (Lipinski definition) is 1. The topological polar surface area (TPSA) is 66.4 Å². The molecule has 0 radical (unpaired) electrons. The molecule has 2 saturated heterocycles. The van der Waals surface area contributed by atoms with Crippen molar-refractivity contribution in [3.8, 4) is 5.75 Å². The second-order valence-corrected chi connectivity index (χ2v) is 13.4. The molecule has 252 valence electrons. The lowest BCUT2D eigenvalue weighted by molar-refractivity contribution is -0.336. The van der Waals surface area contributed by atoms with Gasteiger partial charge in [-0.1, -0.05) is 128 Å². The Bertz CT molecular complexity index is 1800. The van der Waals surface area contributed by atoms with Gasteiger partial charge in [-0.3, -0.25) is 0 Å². The van der Waals surface area contributed by atoms with E-state index in [1.54, 1.807) is 0 Å². The molecule has 2 heterocycles. The number of rotatable bonds is 13. The minimum Gasteiger partial charge on any atom is -0.489 e. The van der Waals surface area contributed by atoms with Crippen LogP contribution in [0.4, 0.5) is 0 Å². The Kier molecular flexibility index (Phi) is 10.1. The third-order valence-corrected chi connectivity index (χ3v) is 10.1. The van der Waals surface area contributed by atoms with Gasteiger partial charge in [0.05, 0.1) is 32.5 Å². The summed E-state index contributed by atoms with van der Waals surface area (Å²) >= 11 is 6.83. The second-order valence-electron chi connectivity index (χ2n) is 12.9. The van der Waals surface area contributed by atoms with E-state index in [0.29, 0.717) is 31.3 Å². The number of fused-ring (bicyclic) bond motifs is 2. The van der Waals surface area contributed by atoms with Crippen LogP contribution in [0.5, 0.6) is 5.75 Å². The fourth-order valence-corrected chi connectivity index (χ4v) is 7.00. The summed E-state index contributed by atoms with van der Waals surface area (Å²) in [4.78, 5) is 0. The highest BCUT2D eigenvalue weighted by molar-refractivity contribution is 6.31. The van der Waals surface area contributed by atoms with Crippen LogP contribution in [0.15, 0.2) is 133 Å². The van der Waals surface area contributed by atoms with Gasteiger partial charge in [-0.2, -0.15) is 0 Å². The van der Waals surface area contributed by atoms with Crippen molar-refractivity contribution >= 4 is 11.6 Å². The zero-order valence-corrected chi connectivity index (χ0v) is 28.3. The largest absolute Gasteiger partial charge is 0.489 e. The van der Waals surface area contributed by atoms with Gasteiger partial charge in [0.15, 0.2) is 0 Å². The van der Waals surface area contributed by atoms with Gasteiger partial charge in [0.25, 0.3) is 0 Å². The summed E-state index contributed by atoms with van der Waals surface area (Å²) in [7, 11) is 0. The molecule has 0 spiro atoms. The lowest BCUT2D eigenvalue weighted by Gasteiger charge is -2.50. The van der Waals surface area contributed by atoms with Crippen LogP contribution >= 0.6 is 11.6 Å². The normalized spacial score (nSPS) is 24.5. The maximum absolute atomic E-state index is 10.8. The molecule has 2 fully saturated rings. The molecule has 6 nitrogen and oxygen atoms in total. The van der Waals surface area contributed by atoms with Crippen LogP contribution in [-0.2, 0) is 51.0 Å². The fraction of sp³-hybridized carbons (Fsp3) is 0.286. The van der Waals surface area contributed by atoms with Crippen molar-refractivity contribution in [2.45, 2.75) is 56.8 Å². The van der Waals surface area contributed by atoms with E-state index >= 15 is 0 Å². The van der Waals surface area contributed by atoms with E-state index in [-0.39, 0.29) is 19.1 Å². The number of hydrogen-bond acceptors (Lipinski definition) is 6. The maximum Gasteiger partial charge on any atom is 0.225 e. The Labute approximate surface area is 293 Å². The first-order chi connectivity index (χ1) is 24.0. The quantitative estimate of drug-likeness (QED) is 0.135. The molecule has 7 rings (SSSR count).